The molecule has 1 aromatic heterocycles. The Kier molecular flexibility index (Phi) is 6.76. The summed E-state index contributed by atoms with van der Waals surface area (Å²) >= 11 is 6.09. The zero-order valence-electron chi connectivity index (χ0n) is 18.1. The number of nitrogens with zero attached hydrogens (tertiary/aromatic N) is 1. The Morgan fingerprint density at radius 3 is 2.28 bits per heavy atom. The summed E-state index contributed by atoms with van der Waals surface area (Å²) < 4.78 is 32.6. The largest absolute Gasteiger partial charge is 0.497 e. The van der Waals surface area contributed by atoms with Crippen molar-refractivity contribution in [2.24, 2.45) is 0 Å². The minimum Gasteiger partial charge on any atom is -0.497 e. The second kappa shape index (κ2) is 9.18. The van der Waals surface area contributed by atoms with Crippen molar-refractivity contribution < 1.29 is 17.9 Å². The van der Waals surface area contributed by atoms with Gasteiger partial charge in [-0.2, -0.15) is 0 Å². The highest BCUT2D eigenvalue weighted by molar-refractivity contribution is 7.91. The number of aromatic nitrogens is 1. The second-order valence-corrected chi connectivity index (χ2v) is 9.67. The fraction of sp³-hybridized carbons (Fsp3) is 0.217. The number of sulfone groups is 1. The molecule has 168 valence electrons. The molecule has 0 aliphatic heterocycles. The van der Waals surface area contributed by atoms with E-state index in [4.69, 9.17) is 16.3 Å². The van der Waals surface area contributed by atoms with Gasteiger partial charge in [0.1, 0.15) is 17.2 Å². The maximum absolute atomic E-state index is 13.2. The van der Waals surface area contributed by atoms with Crippen LogP contribution < -0.4 is 15.6 Å². The van der Waals surface area contributed by atoms with Crippen LogP contribution in [0.15, 0.2) is 63.1 Å². The van der Waals surface area contributed by atoms with E-state index in [0.29, 0.717) is 27.7 Å². The van der Waals surface area contributed by atoms with E-state index in [0.717, 1.165) is 10.1 Å². The SMILES string of the molecule is COc1ccc(S(=O)(=O)c2c(C)cc(C)n(CC(=O)Nc3ccc(C)c(Cl)c3)c2=O)cc1. The molecule has 0 aliphatic carbocycles. The molecule has 32 heavy (non-hydrogen) atoms. The van der Waals surface area contributed by atoms with Gasteiger partial charge >= 0.3 is 0 Å². The maximum atomic E-state index is 13.2. The molecule has 0 spiro atoms. The smallest absolute Gasteiger partial charge is 0.270 e. The maximum Gasteiger partial charge on any atom is 0.270 e. The average molecular weight is 475 g/mol. The number of nitrogens with one attached hydrogen (secondary N) is 1. The molecule has 0 fully saturated rings. The van der Waals surface area contributed by atoms with Gasteiger partial charge in [-0.25, -0.2) is 8.42 Å². The normalized spacial score (nSPS) is 11.3. The van der Waals surface area contributed by atoms with Crippen LogP contribution in [0, 0.1) is 20.8 Å². The molecular formula is C23H23ClN2O5S. The summed E-state index contributed by atoms with van der Waals surface area (Å²) in [5.74, 6) is 0.0154. The van der Waals surface area contributed by atoms with E-state index in [2.05, 4.69) is 5.32 Å². The molecule has 0 radical (unpaired) electrons. The fourth-order valence-electron chi connectivity index (χ4n) is 3.32. The number of anilines is 1. The minimum absolute atomic E-state index is 0.0346. The highest BCUT2D eigenvalue weighted by Gasteiger charge is 2.26. The van der Waals surface area contributed by atoms with Gasteiger partial charge in [0.15, 0.2) is 0 Å². The monoisotopic (exact) mass is 474 g/mol. The van der Waals surface area contributed by atoms with Gasteiger partial charge in [0.25, 0.3) is 5.56 Å². The lowest BCUT2D eigenvalue weighted by Crippen LogP contribution is -2.33. The number of carbonyl (C=O) groups excluding carboxylic acids is 1. The highest BCUT2D eigenvalue weighted by Crippen LogP contribution is 2.24. The lowest BCUT2D eigenvalue weighted by atomic mass is 10.2. The summed E-state index contributed by atoms with van der Waals surface area (Å²) in [5.41, 5.74) is 1.37. The molecule has 3 rings (SSSR count). The molecule has 0 atom stereocenters. The standard InChI is InChI=1S/C23H23ClN2O5S/c1-14-5-6-17(12-20(14)24)25-21(27)13-26-16(3)11-15(2)22(23(26)28)32(29,30)19-9-7-18(31-4)8-10-19/h5-12H,13H2,1-4H3,(H,25,27). The Bertz CT molecular complexity index is 1350. The number of halogens is 1. The van der Waals surface area contributed by atoms with Crippen LogP contribution in [0.4, 0.5) is 5.69 Å². The van der Waals surface area contributed by atoms with Gasteiger partial charge in [0.05, 0.1) is 12.0 Å². The molecule has 0 unspecified atom stereocenters. The number of methoxy groups -OCH3 is 1. The van der Waals surface area contributed by atoms with E-state index in [9.17, 15) is 18.0 Å². The highest BCUT2D eigenvalue weighted by atomic mass is 35.5. The number of amides is 1. The van der Waals surface area contributed by atoms with Crippen molar-refractivity contribution >= 4 is 33.0 Å². The summed E-state index contributed by atoms with van der Waals surface area (Å²) in [6.07, 6.45) is 0. The van der Waals surface area contributed by atoms with Crippen LogP contribution in [0.25, 0.3) is 0 Å². The molecule has 1 N–H and O–H groups in total. The summed E-state index contributed by atoms with van der Waals surface area (Å²) in [5, 5.41) is 3.18. The third kappa shape index (κ3) is 4.71. The van der Waals surface area contributed by atoms with Crippen molar-refractivity contribution in [1.29, 1.82) is 0 Å². The van der Waals surface area contributed by atoms with E-state index in [-0.39, 0.29) is 16.3 Å². The number of hydrogen-bond donors (Lipinski definition) is 1. The predicted octanol–water partition coefficient (Wildman–Crippen LogP) is 3.91. The van der Waals surface area contributed by atoms with Crippen molar-refractivity contribution in [2.75, 3.05) is 12.4 Å². The third-order valence-electron chi connectivity index (χ3n) is 5.04. The molecule has 0 bridgehead atoms. The first-order valence-corrected chi connectivity index (χ1v) is 11.6. The summed E-state index contributed by atoms with van der Waals surface area (Å²) in [4.78, 5) is 25.4. The first-order chi connectivity index (χ1) is 15.0. The van der Waals surface area contributed by atoms with Gasteiger partial charge in [-0.1, -0.05) is 17.7 Å². The van der Waals surface area contributed by atoms with Gasteiger partial charge < -0.3 is 14.6 Å². The number of benzene rings is 2. The Hall–Kier alpha value is -3.10. The van der Waals surface area contributed by atoms with Crippen LogP contribution in [0.1, 0.15) is 16.8 Å². The van der Waals surface area contributed by atoms with Crippen molar-refractivity contribution in [3.05, 3.63) is 80.7 Å². The molecule has 0 aliphatic rings. The van der Waals surface area contributed by atoms with E-state index < -0.39 is 21.3 Å². The topological polar surface area (TPSA) is 94.5 Å². The zero-order chi connectivity index (χ0) is 23.6. The zero-order valence-corrected chi connectivity index (χ0v) is 19.7. The first-order valence-electron chi connectivity index (χ1n) is 9.70. The van der Waals surface area contributed by atoms with Crippen LogP contribution in [0.5, 0.6) is 5.75 Å². The number of ether oxygens (including phenoxy) is 1. The first kappa shape index (κ1) is 23.6. The van der Waals surface area contributed by atoms with Gasteiger partial charge in [0, 0.05) is 16.4 Å². The molecule has 9 heteroatoms. The molecule has 3 aromatic rings. The van der Waals surface area contributed by atoms with Crippen LogP contribution >= 0.6 is 11.6 Å². The predicted molar refractivity (Wildman–Crippen MR) is 123 cm³/mol. The summed E-state index contributed by atoms with van der Waals surface area (Å²) in [7, 11) is -2.63. The van der Waals surface area contributed by atoms with Gasteiger partial charge in [-0.15, -0.1) is 0 Å². The number of aryl methyl sites for hydroxylation is 3. The van der Waals surface area contributed by atoms with Gasteiger partial charge in [-0.05, 0) is 74.4 Å². The lowest BCUT2D eigenvalue weighted by Gasteiger charge is -2.15. The lowest BCUT2D eigenvalue weighted by molar-refractivity contribution is -0.116. The van der Waals surface area contributed by atoms with Gasteiger partial charge in [-0.3, -0.25) is 9.59 Å². The van der Waals surface area contributed by atoms with E-state index >= 15 is 0 Å². The molecule has 1 amide bonds. The summed E-state index contributed by atoms with van der Waals surface area (Å²) in [6.45, 7) is 4.70. The van der Waals surface area contributed by atoms with Crippen LogP contribution in [0.3, 0.4) is 0 Å². The van der Waals surface area contributed by atoms with Crippen LogP contribution in [-0.2, 0) is 21.2 Å². The Morgan fingerprint density at radius 2 is 1.69 bits per heavy atom. The van der Waals surface area contributed by atoms with Crippen LogP contribution in [-0.4, -0.2) is 26.0 Å². The van der Waals surface area contributed by atoms with Crippen molar-refractivity contribution in [3.8, 4) is 5.75 Å². The van der Waals surface area contributed by atoms with Gasteiger partial charge in [0.2, 0.25) is 15.7 Å². The number of pyridine rings is 1. The Labute approximate surface area is 191 Å². The Balaban J connectivity index is 1.98. The van der Waals surface area contributed by atoms with Crippen molar-refractivity contribution in [3.63, 3.8) is 0 Å². The minimum atomic E-state index is -4.11. The number of rotatable bonds is 6. The summed E-state index contributed by atoms with van der Waals surface area (Å²) in [6, 6.07) is 12.4. The fourth-order valence-corrected chi connectivity index (χ4v) is 5.05. The van der Waals surface area contributed by atoms with E-state index in [1.165, 1.54) is 31.4 Å². The third-order valence-corrected chi connectivity index (χ3v) is 7.38. The average Bonchev–Trinajstić information content (AvgIpc) is 2.73. The van der Waals surface area contributed by atoms with E-state index in [1.807, 2.05) is 6.92 Å². The Morgan fingerprint density at radius 1 is 1.03 bits per heavy atom. The quantitative estimate of drug-likeness (QED) is 0.584. The second-order valence-electron chi connectivity index (χ2n) is 7.38. The number of hydrogen-bond acceptors (Lipinski definition) is 5. The van der Waals surface area contributed by atoms with Crippen LogP contribution in [0.2, 0.25) is 5.02 Å². The number of carbonyl (C=O) groups is 1. The molecule has 7 nitrogen and oxygen atoms in total. The molecule has 1 heterocycles. The van der Waals surface area contributed by atoms with Crippen molar-refractivity contribution in [1.82, 2.24) is 4.57 Å². The molecule has 0 saturated heterocycles. The molecule has 0 saturated carbocycles. The van der Waals surface area contributed by atoms with E-state index in [1.54, 1.807) is 38.1 Å². The van der Waals surface area contributed by atoms with Crippen molar-refractivity contribution in [2.45, 2.75) is 37.1 Å². The molecule has 2 aromatic carbocycles. The molecular weight excluding hydrogens is 452 g/mol.